The van der Waals surface area contributed by atoms with Crippen LogP contribution in [0.2, 0.25) is 0 Å². The van der Waals surface area contributed by atoms with E-state index in [0.29, 0.717) is 18.9 Å². The normalized spacial score (nSPS) is 13.9. The van der Waals surface area contributed by atoms with Crippen LogP contribution in [-0.4, -0.2) is 52.2 Å². The Morgan fingerprint density at radius 3 is 2.35 bits per heavy atom. The van der Waals surface area contributed by atoms with Gasteiger partial charge in [0.2, 0.25) is 0 Å². The van der Waals surface area contributed by atoms with Gasteiger partial charge in [-0.3, -0.25) is 9.78 Å². The van der Waals surface area contributed by atoms with Gasteiger partial charge in [-0.1, -0.05) is 36.4 Å². The molecule has 4 aromatic rings. The van der Waals surface area contributed by atoms with Crippen LogP contribution in [0.1, 0.15) is 10.4 Å². The number of rotatable bonds is 4. The van der Waals surface area contributed by atoms with Gasteiger partial charge in [-0.25, -0.2) is 0 Å². The summed E-state index contributed by atoms with van der Waals surface area (Å²) >= 11 is 0. The summed E-state index contributed by atoms with van der Waals surface area (Å²) in [5.41, 5.74) is 1.68. The molecule has 0 aliphatic carbocycles. The van der Waals surface area contributed by atoms with Crippen molar-refractivity contribution >= 4 is 34.0 Å². The summed E-state index contributed by atoms with van der Waals surface area (Å²) in [7, 11) is 0. The van der Waals surface area contributed by atoms with E-state index in [-0.39, 0.29) is 5.91 Å². The Bertz CT molecular complexity index is 1180. The molecule has 1 N–H and O–H groups in total. The Kier molecular flexibility index (Phi) is 5.14. The minimum atomic E-state index is 0.0828. The lowest BCUT2D eigenvalue weighted by atomic mass is 10.0. The van der Waals surface area contributed by atoms with Crippen LogP contribution in [0.4, 0.5) is 17.3 Å². The van der Waals surface area contributed by atoms with Crippen LogP contribution in [-0.2, 0) is 0 Å². The lowest BCUT2D eigenvalue weighted by molar-refractivity contribution is 0.0748. The molecule has 0 atom stereocenters. The molecule has 0 bridgehead atoms. The number of amides is 1. The molecule has 1 saturated heterocycles. The predicted octanol–water partition coefficient (Wildman–Crippen LogP) is 3.73. The SMILES string of the molecule is O=C(c1cccc2ccccc12)N1CCN(c2ccc(Nc3ccncc3)nn2)CC1. The van der Waals surface area contributed by atoms with Gasteiger partial charge in [0.15, 0.2) is 11.6 Å². The minimum Gasteiger partial charge on any atom is -0.352 e. The topological polar surface area (TPSA) is 74.2 Å². The number of hydrogen-bond donors (Lipinski definition) is 1. The number of piperazine rings is 1. The van der Waals surface area contributed by atoms with Crippen LogP contribution >= 0.6 is 0 Å². The third-order valence-electron chi connectivity index (χ3n) is 5.51. The number of benzene rings is 2. The molecule has 31 heavy (non-hydrogen) atoms. The largest absolute Gasteiger partial charge is 0.352 e. The number of hydrogen-bond acceptors (Lipinski definition) is 6. The lowest BCUT2D eigenvalue weighted by Gasteiger charge is -2.35. The summed E-state index contributed by atoms with van der Waals surface area (Å²) in [5.74, 6) is 1.58. The summed E-state index contributed by atoms with van der Waals surface area (Å²) in [6.07, 6.45) is 3.45. The molecular weight excluding hydrogens is 388 g/mol. The van der Waals surface area contributed by atoms with Crippen molar-refractivity contribution in [2.24, 2.45) is 0 Å². The molecule has 2 aromatic heterocycles. The maximum absolute atomic E-state index is 13.1. The smallest absolute Gasteiger partial charge is 0.254 e. The van der Waals surface area contributed by atoms with Gasteiger partial charge in [0.25, 0.3) is 5.91 Å². The van der Waals surface area contributed by atoms with Crippen molar-refractivity contribution in [1.82, 2.24) is 20.1 Å². The van der Waals surface area contributed by atoms with Crippen molar-refractivity contribution in [2.45, 2.75) is 0 Å². The molecule has 1 aliphatic rings. The third kappa shape index (κ3) is 4.02. The maximum Gasteiger partial charge on any atom is 0.254 e. The molecule has 1 amide bonds. The van der Waals surface area contributed by atoms with Crippen LogP contribution in [0.3, 0.4) is 0 Å². The predicted molar refractivity (Wildman–Crippen MR) is 122 cm³/mol. The highest BCUT2D eigenvalue weighted by atomic mass is 16.2. The Hall–Kier alpha value is -4.00. The van der Waals surface area contributed by atoms with Crippen LogP contribution in [0.25, 0.3) is 10.8 Å². The third-order valence-corrected chi connectivity index (χ3v) is 5.51. The highest BCUT2D eigenvalue weighted by Crippen LogP contribution is 2.22. The fourth-order valence-electron chi connectivity index (χ4n) is 3.86. The van der Waals surface area contributed by atoms with Gasteiger partial charge < -0.3 is 15.1 Å². The summed E-state index contributed by atoms with van der Waals surface area (Å²) in [4.78, 5) is 21.2. The second-order valence-corrected chi connectivity index (χ2v) is 7.44. The summed E-state index contributed by atoms with van der Waals surface area (Å²) in [6, 6.07) is 21.5. The number of nitrogens with one attached hydrogen (secondary N) is 1. The highest BCUT2D eigenvalue weighted by Gasteiger charge is 2.24. The van der Waals surface area contributed by atoms with Gasteiger partial charge in [0.1, 0.15) is 0 Å². The van der Waals surface area contributed by atoms with E-state index in [2.05, 4.69) is 25.4 Å². The Balaban J connectivity index is 1.23. The van der Waals surface area contributed by atoms with E-state index in [1.807, 2.05) is 71.6 Å². The zero-order chi connectivity index (χ0) is 21.0. The molecule has 0 spiro atoms. The summed E-state index contributed by atoms with van der Waals surface area (Å²) < 4.78 is 0. The van der Waals surface area contributed by atoms with E-state index in [1.165, 1.54) is 0 Å². The van der Waals surface area contributed by atoms with Gasteiger partial charge in [0.05, 0.1) is 0 Å². The lowest BCUT2D eigenvalue weighted by Crippen LogP contribution is -2.49. The molecule has 7 heteroatoms. The van der Waals surface area contributed by atoms with Gasteiger partial charge >= 0.3 is 0 Å². The van der Waals surface area contributed by atoms with Crippen molar-refractivity contribution in [3.8, 4) is 0 Å². The monoisotopic (exact) mass is 410 g/mol. The van der Waals surface area contributed by atoms with E-state index < -0.39 is 0 Å². The number of anilines is 3. The quantitative estimate of drug-likeness (QED) is 0.553. The first-order valence-electron chi connectivity index (χ1n) is 10.3. The van der Waals surface area contributed by atoms with Gasteiger partial charge in [0, 0.05) is 49.8 Å². The second kappa shape index (κ2) is 8.39. The minimum absolute atomic E-state index is 0.0828. The summed E-state index contributed by atoms with van der Waals surface area (Å²) in [5, 5.41) is 13.9. The Morgan fingerprint density at radius 1 is 0.806 bits per heavy atom. The molecule has 2 aromatic carbocycles. The molecule has 0 saturated carbocycles. The van der Waals surface area contributed by atoms with Crippen molar-refractivity contribution < 1.29 is 4.79 Å². The summed E-state index contributed by atoms with van der Waals surface area (Å²) in [6.45, 7) is 2.76. The Labute approximate surface area is 180 Å². The number of fused-ring (bicyclic) bond motifs is 1. The van der Waals surface area contributed by atoms with E-state index in [4.69, 9.17) is 0 Å². The van der Waals surface area contributed by atoms with E-state index >= 15 is 0 Å². The Morgan fingerprint density at radius 2 is 1.58 bits per heavy atom. The first-order valence-corrected chi connectivity index (χ1v) is 10.3. The first kappa shape index (κ1) is 19.0. The van der Waals surface area contributed by atoms with Gasteiger partial charge in [-0.2, -0.15) is 0 Å². The van der Waals surface area contributed by atoms with Crippen molar-refractivity contribution in [3.05, 3.63) is 84.7 Å². The zero-order valence-electron chi connectivity index (χ0n) is 17.0. The number of nitrogens with zero attached hydrogens (tertiary/aromatic N) is 5. The molecule has 0 unspecified atom stereocenters. The molecular formula is C24H22N6O. The standard InChI is InChI=1S/C24H22N6O/c31-24(21-7-3-5-18-4-1-2-6-20(18)21)30-16-14-29(15-17-30)23-9-8-22(27-28-23)26-19-10-12-25-13-11-19/h1-13H,14-17H2,(H,25,26,27). The van der Waals surface area contributed by atoms with Crippen LogP contribution in [0.5, 0.6) is 0 Å². The van der Waals surface area contributed by atoms with Crippen molar-refractivity contribution in [3.63, 3.8) is 0 Å². The number of pyridine rings is 1. The van der Waals surface area contributed by atoms with E-state index in [9.17, 15) is 4.79 Å². The molecule has 0 radical (unpaired) electrons. The van der Waals surface area contributed by atoms with Gasteiger partial charge in [-0.15, -0.1) is 10.2 Å². The first-order chi connectivity index (χ1) is 15.3. The number of aromatic nitrogens is 3. The highest BCUT2D eigenvalue weighted by molar-refractivity contribution is 6.07. The molecule has 154 valence electrons. The van der Waals surface area contributed by atoms with Crippen LogP contribution in [0, 0.1) is 0 Å². The van der Waals surface area contributed by atoms with Crippen molar-refractivity contribution in [1.29, 1.82) is 0 Å². The molecule has 3 heterocycles. The van der Waals surface area contributed by atoms with Crippen molar-refractivity contribution in [2.75, 3.05) is 36.4 Å². The average Bonchev–Trinajstić information content (AvgIpc) is 2.84. The molecule has 1 aliphatic heterocycles. The fourth-order valence-corrected chi connectivity index (χ4v) is 3.86. The number of carbonyl (C=O) groups excluding carboxylic acids is 1. The fraction of sp³-hybridized carbons (Fsp3) is 0.167. The van der Waals surface area contributed by atoms with Gasteiger partial charge in [-0.05, 0) is 41.1 Å². The molecule has 7 nitrogen and oxygen atoms in total. The van der Waals surface area contributed by atoms with Crippen LogP contribution in [0.15, 0.2) is 79.1 Å². The van der Waals surface area contributed by atoms with Crippen LogP contribution < -0.4 is 10.2 Å². The number of carbonyl (C=O) groups is 1. The van der Waals surface area contributed by atoms with E-state index in [1.54, 1.807) is 12.4 Å². The van der Waals surface area contributed by atoms with E-state index in [0.717, 1.165) is 40.9 Å². The maximum atomic E-state index is 13.1. The molecule has 5 rings (SSSR count). The molecule has 1 fully saturated rings. The average molecular weight is 410 g/mol. The second-order valence-electron chi connectivity index (χ2n) is 7.44. The zero-order valence-corrected chi connectivity index (χ0v) is 17.0.